The molecule has 2 aromatic rings. The van der Waals surface area contributed by atoms with E-state index >= 15 is 0 Å². The summed E-state index contributed by atoms with van der Waals surface area (Å²) in [5, 5.41) is 0. The number of hydrogen-bond donors (Lipinski definition) is 0. The summed E-state index contributed by atoms with van der Waals surface area (Å²) < 4.78 is 73.2. The van der Waals surface area contributed by atoms with E-state index in [9.17, 15) is 35.9 Å². The maximum absolute atomic E-state index is 11.9. The van der Waals surface area contributed by atoms with Crippen LogP contribution in [0.1, 0.15) is 11.1 Å². The van der Waals surface area contributed by atoms with Gasteiger partial charge in [0.05, 0.1) is 0 Å². The Kier molecular flexibility index (Phi) is 13.3. The molecule has 2 nitrogen and oxygen atoms in total. The van der Waals surface area contributed by atoms with Crippen LogP contribution in [0.2, 0.25) is 0 Å². The van der Waals surface area contributed by atoms with Crippen molar-refractivity contribution in [1.29, 1.82) is 0 Å². The minimum Gasteiger partial charge on any atom is -0.779 e. The Hall–Kier alpha value is -1.07. The molecule has 0 spiro atoms. The molecule has 0 aliphatic heterocycles. The van der Waals surface area contributed by atoms with Gasteiger partial charge >= 0.3 is 33.4 Å². The fraction of sp³-hybridized carbons (Fsp3) is 0.100. The summed E-state index contributed by atoms with van der Waals surface area (Å²) in [4.78, 5) is 21.0. The minimum atomic E-state index is -4.88. The van der Waals surface area contributed by atoms with Crippen molar-refractivity contribution in [2.75, 3.05) is 0 Å². The van der Waals surface area contributed by atoms with Gasteiger partial charge in [-0.3, -0.25) is 9.59 Å². The van der Waals surface area contributed by atoms with E-state index in [1.54, 1.807) is 24.3 Å². The number of allylic oxidation sites excluding steroid dienone is 2. The second kappa shape index (κ2) is 13.7. The molecule has 2 rings (SSSR count). The molecular weight excluding hydrogens is 805 g/mol. The van der Waals surface area contributed by atoms with Crippen LogP contribution in [0.5, 0.6) is 0 Å². The van der Waals surface area contributed by atoms with Crippen LogP contribution in [-0.4, -0.2) is 23.9 Å². The average Bonchev–Trinajstić information content (AvgIpc) is 2.68. The quantitative estimate of drug-likeness (QED) is 0.191. The zero-order valence-corrected chi connectivity index (χ0v) is 22.8. The Morgan fingerprint density at radius 2 is 0.879 bits per heavy atom. The van der Waals surface area contributed by atoms with E-state index in [1.807, 2.05) is 0 Å². The van der Waals surface area contributed by atoms with Crippen molar-refractivity contribution >= 4 is 78.5 Å². The number of ketones is 2. The molecule has 0 atom stereocenters. The molecule has 0 heterocycles. The maximum Gasteiger partial charge on any atom is 2.00 e. The van der Waals surface area contributed by atoms with E-state index in [0.29, 0.717) is 23.3 Å². The third-order valence-electron chi connectivity index (χ3n) is 3.34. The average molecular weight is 815 g/mol. The van der Waals surface area contributed by atoms with Gasteiger partial charge in [0.1, 0.15) is 0 Å². The first-order chi connectivity index (χ1) is 14.6. The first kappa shape index (κ1) is 31.9. The Morgan fingerprint density at radius 3 is 1.09 bits per heavy atom. The summed E-state index contributed by atoms with van der Waals surface area (Å²) in [7, 11) is 0. The molecule has 180 valence electrons. The first-order valence-corrected chi connectivity index (χ1v) is 10.5. The minimum absolute atomic E-state index is 0. The van der Waals surface area contributed by atoms with Crippen LogP contribution in [0.25, 0.3) is 9.81 Å². The number of alkyl halides is 6. The molecule has 0 bridgehead atoms. The van der Waals surface area contributed by atoms with Gasteiger partial charge in [-0.2, -0.15) is 36.2 Å². The molecule has 0 aliphatic carbocycles. The standard InChI is InChI=1S/2C10H6BrF3OS.Pt/c2*11-7-3-1-6(2-4-7)8(16)5-9(15)10(12,13)14;/h2*1-5,16H;/q;;+2/p-2/b2*8-5-;. The maximum atomic E-state index is 11.9. The molecule has 33 heavy (non-hydrogen) atoms. The Bertz CT molecular complexity index is 935. The molecule has 0 N–H and O–H groups in total. The van der Waals surface area contributed by atoms with Gasteiger partial charge in [-0.15, -0.1) is 0 Å². The van der Waals surface area contributed by atoms with Gasteiger partial charge in [0.2, 0.25) is 0 Å². The molecule has 0 aliphatic rings. The molecule has 0 saturated heterocycles. The van der Waals surface area contributed by atoms with Gasteiger partial charge in [-0.1, -0.05) is 56.1 Å². The van der Waals surface area contributed by atoms with Gasteiger partial charge in [0.25, 0.3) is 11.6 Å². The summed E-state index contributed by atoms with van der Waals surface area (Å²) in [5.74, 6) is -3.89. The zero-order chi connectivity index (χ0) is 24.7. The summed E-state index contributed by atoms with van der Waals surface area (Å²) in [6, 6.07) is 12.7. The Morgan fingerprint density at radius 1 is 0.636 bits per heavy atom. The van der Waals surface area contributed by atoms with Crippen molar-refractivity contribution < 1.29 is 57.0 Å². The largest absolute Gasteiger partial charge is 2.00 e. The van der Waals surface area contributed by atoms with Gasteiger partial charge in [0, 0.05) is 8.95 Å². The van der Waals surface area contributed by atoms with Gasteiger partial charge in [-0.05, 0) is 47.5 Å². The SMILES string of the molecule is O=C(/C=C(\[S-])c1ccc(Br)cc1)C(F)(F)F.O=C(/C=C(\[S-])c1ccc(Br)cc1)C(F)(F)F.[Pt+2]. The van der Waals surface area contributed by atoms with Crippen LogP contribution in [0.4, 0.5) is 26.3 Å². The van der Waals surface area contributed by atoms with Crippen molar-refractivity contribution in [2.45, 2.75) is 12.4 Å². The molecule has 0 radical (unpaired) electrons. The summed E-state index contributed by atoms with van der Waals surface area (Å²) in [5.41, 5.74) is 0.798. The van der Waals surface area contributed by atoms with Crippen molar-refractivity contribution in [2.24, 2.45) is 0 Å². The Balaban J connectivity index is 0.000000602. The summed E-state index contributed by atoms with van der Waals surface area (Å²) in [6.07, 6.45) is -8.92. The van der Waals surface area contributed by atoms with Crippen LogP contribution in [0, 0.1) is 0 Å². The fourth-order valence-electron chi connectivity index (χ4n) is 1.80. The van der Waals surface area contributed by atoms with Gasteiger partial charge in [0.15, 0.2) is 0 Å². The first-order valence-electron chi connectivity index (χ1n) is 8.13. The third kappa shape index (κ3) is 11.8. The predicted octanol–water partition coefficient (Wildman–Crippen LogP) is 6.93. The van der Waals surface area contributed by atoms with E-state index in [2.05, 4.69) is 31.9 Å². The van der Waals surface area contributed by atoms with Crippen LogP contribution in [0.3, 0.4) is 0 Å². The van der Waals surface area contributed by atoms with Crippen LogP contribution in [0.15, 0.2) is 69.6 Å². The second-order valence-corrected chi connectivity index (χ2v) is 8.47. The van der Waals surface area contributed by atoms with Crippen molar-refractivity contribution in [3.8, 4) is 0 Å². The molecule has 0 fully saturated rings. The second-order valence-electron chi connectivity index (χ2n) is 5.75. The van der Waals surface area contributed by atoms with Crippen molar-refractivity contribution in [1.82, 2.24) is 0 Å². The zero-order valence-electron chi connectivity index (χ0n) is 15.7. The predicted molar refractivity (Wildman–Crippen MR) is 121 cm³/mol. The van der Waals surface area contributed by atoms with Gasteiger partial charge < -0.3 is 25.3 Å². The number of hydrogen-bond acceptors (Lipinski definition) is 4. The number of carbonyl (C=O) groups excluding carboxylic acids is 2. The monoisotopic (exact) mass is 813 g/mol. The molecule has 0 saturated carbocycles. The third-order valence-corrected chi connectivity index (χ3v) is 5.11. The molecule has 0 aromatic heterocycles. The van der Waals surface area contributed by atoms with Crippen molar-refractivity contribution in [3.63, 3.8) is 0 Å². The number of halogens is 8. The number of carbonyl (C=O) groups is 2. The van der Waals surface area contributed by atoms with E-state index in [4.69, 9.17) is 25.3 Å². The van der Waals surface area contributed by atoms with E-state index in [-0.39, 0.29) is 30.9 Å². The van der Waals surface area contributed by atoms with Crippen molar-refractivity contribution in [3.05, 3.63) is 80.8 Å². The molecule has 13 heteroatoms. The smallest absolute Gasteiger partial charge is 0.779 e. The van der Waals surface area contributed by atoms with Crippen LogP contribution >= 0.6 is 31.9 Å². The topological polar surface area (TPSA) is 34.1 Å². The molecular formula is C20H10Br2F6O2PtS2. The fourth-order valence-corrected chi connectivity index (χ4v) is 2.81. The Labute approximate surface area is 227 Å². The summed E-state index contributed by atoms with van der Waals surface area (Å²) >= 11 is 15.8. The summed E-state index contributed by atoms with van der Waals surface area (Å²) in [6.45, 7) is 0. The van der Waals surface area contributed by atoms with E-state index < -0.39 is 23.9 Å². The van der Waals surface area contributed by atoms with Crippen LogP contribution in [-0.2, 0) is 55.9 Å². The molecule has 2 aromatic carbocycles. The normalized spacial score (nSPS) is 12.2. The number of rotatable bonds is 4. The van der Waals surface area contributed by atoms with Crippen LogP contribution < -0.4 is 0 Å². The van der Waals surface area contributed by atoms with E-state index in [0.717, 1.165) is 8.95 Å². The molecule has 0 amide bonds. The van der Waals surface area contributed by atoms with E-state index in [1.165, 1.54) is 24.3 Å². The van der Waals surface area contributed by atoms with Gasteiger partial charge in [-0.25, -0.2) is 0 Å². The number of benzene rings is 2. The molecule has 0 unspecified atom stereocenters.